The second-order valence-corrected chi connectivity index (χ2v) is 4.88. The molecule has 2 aromatic rings. The first kappa shape index (κ1) is 14.3. The minimum atomic E-state index is -0.102. The lowest BCUT2D eigenvalue weighted by Gasteiger charge is -1.94. The van der Waals surface area contributed by atoms with Crippen LogP contribution in [0.2, 0.25) is 0 Å². The van der Waals surface area contributed by atoms with Crippen LogP contribution in [0.1, 0.15) is 21.6 Å². The van der Waals surface area contributed by atoms with Crippen molar-refractivity contribution in [2.45, 2.75) is 6.92 Å². The number of hydrogen-bond acceptors (Lipinski definition) is 2. The molecule has 102 valence electrons. The second kappa shape index (κ2) is 6.35. The summed E-state index contributed by atoms with van der Waals surface area (Å²) in [5.41, 5.74) is 2.30. The summed E-state index contributed by atoms with van der Waals surface area (Å²) in [6, 6.07) is 9.70. The van der Waals surface area contributed by atoms with E-state index < -0.39 is 0 Å². The Bertz CT molecular complexity index is 669. The first-order valence-corrected chi connectivity index (χ1v) is 6.59. The van der Waals surface area contributed by atoms with Gasteiger partial charge in [-0.1, -0.05) is 41.9 Å². The number of hydrogen-bond donors (Lipinski definition) is 0. The molecule has 1 aromatic carbocycles. The van der Waals surface area contributed by atoms with Crippen LogP contribution in [0, 0.1) is 6.92 Å². The number of halogens is 1. The smallest absolute Gasteiger partial charge is 0.189 e. The van der Waals surface area contributed by atoms with Gasteiger partial charge in [0, 0.05) is 18.3 Å². The SMILES string of the molecule is Cc1nn(C)cc1C(=O)/C=C/C(Cl)=C/c1ccccc1. The van der Waals surface area contributed by atoms with Crippen LogP contribution in [0.25, 0.3) is 6.08 Å². The third-order valence-corrected chi connectivity index (χ3v) is 3.01. The number of nitrogens with zero attached hydrogens (tertiary/aromatic N) is 2. The summed E-state index contributed by atoms with van der Waals surface area (Å²) >= 11 is 6.09. The predicted molar refractivity (Wildman–Crippen MR) is 81.7 cm³/mol. The monoisotopic (exact) mass is 286 g/mol. The third-order valence-electron chi connectivity index (χ3n) is 2.78. The molecule has 0 unspecified atom stereocenters. The van der Waals surface area contributed by atoms with E-state index in [9.17, 15) is 4.79 Å². The van der Waals surface area contributed by atoms with Gasteiger partial charge in [0.1, 0.15) is 0 Å². The molecule has 0 radical (unpaired) electrons. The van der Waals surface area contributed by atoms with Gasteiger partial charge in [-0.25, -0.2) is 0 Å². The molecule has 1 aromatic heterocycles. The Hall–Kier alpha value is -2.13. The number of carbonyl (C=O) groups is 1. The largest absolute Gasteiger partial charge is 0.289 e. The molecule has 0 spiro atoms. The standard InChI is InChI=1S/C16H15ClN2O/c1-12-15(11-19(2)18-12)16(20)9-8-14(17)10-13-6-4-3-5-7-13/h3-11H,1-2H3/b9-8+,14-10-. The Morgan fingerprint density at radius 3 is 2.55 bits per heavy atom. The molecule has 3 nitrogen and oxygen atoms in total. The molecule has 0 bridgehead atoms. The van der Waals surface area contributed by atoms with E-state index in [0.29, 0.717) is 16.3 Å². The van der Waals surface area contributed by atoms with Crippen molar-refractivity contribution in [2.75, 3.05) is 0 Å². The third kappa shape index (κ3) is 3.68. The summed E-state index contributed by atoms with van der Waals surface area (Å²) in [6.45, 7) is 1.81. The van der Waals surface area contributed by atoms with Crippen LogP contribution in [0.3, 0.4) is 0 Å². The molecule has 0 N–H and O–H groups in total. The fourth-order valence-corrected chi connectivity index (χ4v) is 2.03. The summed E-state index contributed by atoms with van der Waals surface area (Å²) in [4.78, 5) is 12.0. The molecule has 0 aliphatic heterocycles. The molecule has 0 saturated carbocycles. The first-order chi connectivity index (χ1) is 9.56. The van der Waals surface area contributed by atoms with E-state index in [-0.39, 0.29) is 5.78 Å². The van der Waals surface area contributed by atoms with Crippen LogP contribution in [0.15, 0.2) is 53.7 Å². The minimum Gasteiger partial charge on any atom is -0.289 e. The van der Waals surface area contributed by atoms with Gasteiger partial charge in [-0.3, -0.25) is 9.48 Å². The van der Waals surface area contributed by atoms with Crippen molar-refractivity contribution in [1.29, 1.82) is 0 Å². The maximum Gasteiger partial charge on any atom is 0.189 e. The highest BCUT2D eigenvalue weighted by Gasteiger charge is 2.09. The average Bonchev–Trinajstić information content (AvgIpc) is 2.76. The average molecular weight is 287 g/mol. The summed E-state index contributed by atoms with van der Waals surface area (Å²) in [6.07, 6.45) is 6.58. The Labute approximate surface area is 123 Å². The van der Waals surface area contributed by atoms with E-state index in [0.717, 1.165) is 5.56 Å². The molecule has 2 rings (SSSR count). The van der Waals surface area contributed by atoms with Crippen molar-refractivity contribution in [3.63, 3.8) is 0 Å². The molecule has 0 amide bonds. The summed E-state index contributed by atoms with van der Waals surface area (Å²) in [5, 5.41) is 4.65. The molecule has 0 saturated heterocycles. The van der Waals surface area contributed by atoms with E-state index in [2.05, 4.69) is 5.10 Å². The predicted octanol–water partition coefficient (Wildman–Crippen LogP) is 3.75. The Balaban J connectivity index is 2.11. The zero-order chi connectivity index (χ0) is 14.5. The molecule has 0 atom stereocenters. The highest BCUT2D eigenvalue weighted by molar-refractivity contribution is 6.33. The number of allylic oxidation sites excluding steroid dienone is 3. The molecule has 20 heavy (non-hydrogen) atoms. The van der Waals surface area contributed by atoms with E-state index in [1.54, 1.807) is 30.1 Å². The van der Waals surface area contributed by atoms with E-state index >= 15 is 0 Å². The first-order valence-electron chi connectivity index (χ1n) is 6.21. The summed E-state index contributed by atoms with van der Waals surface area (Å²) in [7, 11) is 1.79. The fourth-order valence-electron chi connectivity index (χ4n) is 1.84. The second-order valence-electron chi connectivity index (χ2n) is 4.44. The van der Waals surface area contributed by atoms with Crippen LogP contribution in [-0.4, -0.2) is 15.6 Å². The maximum absolute atomic E-state index is 12.0. The number of rotatable bonds is 4. The molecule has 0 aliphatic carbocycles. The van der Waals surface area contributed by atoms with Gasteiger partial charge >= 0.3 is 0 Å². The molecule has 4 heteroatoms. The van der Waals surface area contributed by atoms with E-state index in [1.807, 2.05) is 37.3 Å². The van der Waals surface area contributed by atoms with E-state index in [1.165, 1.54) is 6.08 Å². The van der Waals surface area contributed by atoms with Gasteiger partial charge in [-0.15, -0.1) is 0 Å². The van der Waals surface area contributed by atoms with Crippen molar-refractivity contribution < 1.29 is 4.79 Å². The van der Waals surface area contributed by atoms with Crippen molar-refractivity contribution >= 4 is 23.5 Å². The van der Waals surface area contributed by atoms with Gasteiger partial charge < -0.3 is 0 Å². The van der Waals surface area contributed by atoms with Gasteiger partial charge in [-0.2, -0.15) is 5.10 Å². The van der Waals surface area contributed by atoms with Gasteiger partial charge in [0.2, 0.25) is 0 Å². The number of benzene rings is 1. The van der Waals surface area contributed by atoms with Crippen LogP contribution < -0.4 is 0 Å². The molecule has 0 aliphatic rings. The lowest BCUT2D eigenvalue weighted by atomic mass is 10.1. The Morgan fingerprint density at radius 2 is 1.95 bits per heavy atom. The van der Waals surface area contributed by atoms with Crippen LogP contribution in [0.5, 0.6) is 0 Å². The molecular formula is C16H15ClN2O. The summed E-state index contributed by atoms with van der Waals surface area (Å²) < 4.78 is 1.62. The number of aromatic nitrogens is 2. The van der Waals surface area contributed by atoms with Crippen LogP contribution >= 0.6 is 11.6 Å². The van der Waals surface area contributed by atoms with Gasteiger partial charge in [-0.05, 0) is 30.7 Å². The van der Waals surface area contributed by atoms with E-state index in [4.69, 9.17) is 11.6 Å². The topological polar surface area (TPSA) is 34.9 Å². The quantitative estimate of drug-likeness (QED) is 0.487. The number of carbonyl (C=O) groups excluding carboxylic acids is 1. The molecule has 0 fully saturated rings. The van der Waals surface area contributed by atoms with Gasteiger partial charge in [0.05, 0.1) is 11.3 Å². The van der Waals surface area contributed by atoms with Crippen LogP contribution in [-0.2, 0) is 7.05 Å². The maximum atomic E-state index is 12.0. The highest BCUT2D eigenvalue weighted by atomic mass is 35.5. The normalized spacial score (nSPS) is 12.1. The summed E-state index contributed by atoms with van der Waals surface area (Å²) in [5.74, 6) is -0.102. The minimum absolute atomic E-state index is 0.102. The zero-order valence-corrected chi connectivity index (χ0v) is 12.1. The zero-order valence-electron chi connectivity index (χ0n) is 11.4. The van der Waals surface area contributed by atoms with Crippen molar-refractivity contribution in [2.24, 2.45) is 7.05 Å². The van der Waals surface area contributed by atoms with Crippen LogP contribution in [0.4, 0.5) is 0 Å². The lowest BCUT2D eigenvalue weighted by Crippen LogP contribution is -1.94. The van der Waals surface area contributed by atoms with Gasteiger partial charge in [0.15, 0.2) is 5.78 Å². The number of aryl methyl sites for hydroxylation is 2. The van der Waals surface area contributed by atoms with Gasteiger partial charge in [0.25, 0.3) is 0 Å². The fraction of sp³-hybridized carbons (Fsp3) is 0.125. The molecular weight excluding hydrogens is 272 g/mol. The van der Waals surface area contributed by atoms with Crippen molar-refractivity contribution in [3.8, 4) is 0 Å². The highest BCUT2D eigenvalue weighted by Crippen LogP contribution is 2.13. The van der Waals surface area contributed by atoms with Crippen molar-refractivity contribution in [1.82, 2.24) is 9.78 Å². The number of ketones is 1. The Morgan fingerprint density at radius 1 is 1.25 bits per heavy atom. The Kier molecular flexibility index (Phi) is 4.53. The van der Waals surface area contributed by atoms with Crippen molar-refractivity contribution in [3.05, 3.63) is 70.5 Å². The molecule has 1 heterocycles. The lowest BCUT2D eigenvalue weighted by molar-refractivity contribution is 0.104.